The Labute approximate surface area is 212 Å². The minimum atomic E-state index is -4.70. The van der Waals surface area contributed by atoms with Gasteiger partial charge in [-0.25, -0.2) is 15.0 Å². The van der Waals surface area contributed by atoms with Gasteiger partial charge in [0.05, 0.1) is 16.6 Å². The maximum absolute atomic E-state index is 13.4. The molecule has 3 heterocycles. The van der Waals surface area contributed by atoms with E-state index in [1.807, 2.05) is 24.3 Å². The number of nitrogens with zero attached hydrogens (tertiary/aromatic N) is 4. The third kappa shape index (κ3) is 5.74. The number of nitrogens with one attached hydrogen (secondary N) is 1. The summed E-state index contributed by atoms with van der Waals surface area (Å²) in [4.78, 5) is 27.5. The van der Waals surface area contributed by atoms with E-state index in [1.165, 1.54) is 6.33 Å². The minimum Gasteiger partial charge on any atom is -0.342 e. The molecule has 0 unspecified atom stereocenters. The number of halogens is 4. The fraction of sp³-hybridized carbons (Fsp3) is 0.308. The SMILES string of the molecule is C=CCN1CCCC[C@H]1[C@@H](NC(=O)c1nccc(C(F)(F)F)c1Cl)c1cccc(-c2cncnc2)c1. The number of aromatic nitrogens is 3. The first-order chi connectivity index (χ1) is 17.3. The molecule has 1 saturated heterocycles. The number of amides is 1. The topological polar surface area (TPSA) is 71.0 Å². The van der Waals surface area contributed by atoms with Crippen LogP contribution in [0.3, 0.4) is 0 Å². The summed E-state index contributed by atoms with van der Waals surface area (Å²) in [6.45, 7) is 5.29. The Morgan fingerprint density at radius 2 is 2.00 bits per heavy atom. The van der Waals surface area contributed by atoms with Crippen molar-refractivity contribution in [1.29, 1.82) is 0 Å². The summed E-state index contributed by atoms with van der Waals surface area (Å²) in [5, 5.41) is 2.23. The summed E-state index contributed by atoms with van der Waals surface area (Å²) in [6.07, 6.45) is 5.63. The summed E-state index contributed by atoms with van der Waals surface area (Å²) < 4.78 is 40.1. The Bertz CT molecular complexity index is 1220. The van der Waals surface area contributed by atoms with Gasteiger partial charge in [0.2, 0.25) is 0 Å². The molecule has 0 spiro atoms. The Hall–Kier alpha value is -3.30. The van der Waals surface area contributed by atoms with Crippen LogP contribution in [0.2, 0.25) is 5.02 Å². The highest BCUT2D eigenvalue weighted by molar-refractivity contribution is 6.34. The van der Waals surface area contributed by atoms with Crippen LogP contribution in [0.4, 0.5) is 13.2 Å². The van der Waals surface area contributed by atoms with E-state index < -0.39 is 34.4 Å². The number of carbonyl (C=O) groups excluding carboxylic acids is 1. The molecule has 2 aromatic heterocycles. The number of pyridine rings is 1. The van der Waals surface area contributed by atoms with Crippen LogP contribution in [-0.4, -0.2) is 44.9 Å². The zero-order valence-corrected chi connectivity index (χ0v) is 20.1. The molecule has 0 saturated carbocycles. The van der Waals surface area contributed by atoms with E-state index in [4.69, 9.17) is 11.6 Å². The molecular weight excluding hydrogens is 491 g/mol. The second kappa shape index (κ2) is 11.2. The maximum atomic E-state index is 13.4. The number of hydrogen-bond donors (Lipinski definition) is 1. The number of benzene rings is 1. The first kappa shape index (κ1) is 25.8. The molecule has 1 fully saturated rings. The van der Waals surface area contributed by atoms with Crippen molar-refractivity contribution in [3.05, 3.63) is 89.7 Å². The Morgan fingerprint density at radius 3 is 2.72 bits per heavy atom. The predicted molar refractivity (Wildman–Crippen MR) is 131 cm³/mol. The van der Waals surface area contributed by atoms with Gasteiger partial charge in [-0.05, 0) is 42.6 Å². The Kier molecular flexibility index (Phi) is 8.01. The highest BCUT2D eigenvalue weighted by Crippen LogP contribution is 2.36. The number of carbonyl (C=O) groups is 1. The quantitative estimate of drug-likeness (QED) is 0.407. The van der Waals surface area contributed by atoms with Crippen LogP contribution in [0.25, 0.3) is 11.1 Å². The summed E-state index contributed by atoms with van der Waals surface area (Å²) in [5.41, 5.74) is 0.897. The second-order valence-corrected chi connectivity index (χ2v) is 8.95. The molecule has 188 valence electrons. The Morgan fingerprint density at radius 1 is 1.22 bits per heavy atom. The van der Waals surface area contributed by atoms with Crippen molar-refractivity contribution in [2.24, 2.45) is 0 Å². The van der Waals surface area contributed by atoms with Gasteiger partial charge in [0.25, 0.3) is 5.91 Å². The number of hydrogen-bond acceptors (Lipinski definition) is 5. The number of alkyl halides is 3. The number of rotatable bonds is 7. The lowest BCUT2D eigenvalue weighted by Gasteiger charge is -2.40. The second-order valence-electron chi connectivity index (χ2n) is 8.57. The lowest BCUT2D eigenvalue weighted by molar-refractivity contribution is -0.137. The molecule has 1 aromatic carbocycles. The van der Waals surface area contributed by atoms with E-state index in [0.717, 1.165) is 54.8 Å². The van der Waals surface area contributed by atoms with Gasteiger partial charge in [-0.2, -0.15) is 13.2 Å². The predicted octanol–water partition coefficient (Wildman–Crippen LogP) is 5.72. The van der Waals surface area contributed by atoms with Crippen LogP contribution in [0.15, 0.2) is 67.9 Å². The number of piperidine rings is 1. The molecule has 36 heavy (non-hydrogen) atoms. The molecule has 3 aromatic rings. The molecule has 10 heteroatoms. The highest BCUT2D eigenvalue weighted by Gasteiger charge is 2.37. The third-order valence-electron chi connectivity index (χ3n) is 6.25. The largest absolute Gasteiger partial charge is 0.417 e. The molecule has 2 atom stereocenters. The van der Waals surface area contributed by atoms with Crippen LogP contribution in [-0.2, 0) is 6.18 Å². The van der Waals surface area contributed by atoms with E-state index in [2.05, 4.69) is 31.7 Å². The van der Waals surface area contributed by atoms with Gasteiger partial charge in [0.1, 0.15) is 12.0 Å². The lowest BCUT2D eigenvalue weighted by Crippen LogP contribution is -2.49. The average Bonchev–Trinajstić information content (AvgIpc) is 2.88. The van der Waals surface area contributed by atoms with Crippen molar-refractivity contribution in [3.8, 4) is 11.1 Å². The van der Waals surface area contributed by atoms with Gasteiger partial charge in [-0.3, -0.25) is 9.69 Å². The van der Waals surface area contributed by atoms with Crippen LogP contribution in [0.1, 0.15) is 46.9 Å². The van der Waals surface area contributed by atoms with Crippen LogP contribution in [0.5, 0.6) is 0 Å². The first-order valence-electron chi connectivity index (χ1n) is 11.5. The molecule has 4 rings (SSSR count). The molecule has 1 aliphatic rings. The van der Waals surface area contributed by atoms with Crippen molar-refractivity contribution in [2.45, 2.75) is 37.5 Å². The molecule has 1 N–H and O–H groups in total. The molecular formula is C26H25ClF3N5O. The molecule has 6 nitrogen and oxygen atoms in total. The number of likely N-dealkylation sites (tertiary alicyclic amines) is 1. The molecule has 0 radical (unpaired) electrons. The Balaban J connectivity index is 1.73. The van der Waals surface area contributed by atoms with Gasteiger partial charge in [0.15, 0.2) is 0 Å². The molecule has 1 amide bonds. The zero-order valence-electron chi connectivity index (χ0n) is 19.4. The van der Waals surface area contributed by atoms with E-state index >= 15 is 0 Å². The summed E-state index contributed by atoms with van der Waals surface area (Å²) in [5.74, 6) is -0.770. The van der Waals surface area contributed by atoms with Crippen molar-refractivity contribution in [2.75, 3.05) is 13.1 Å². The standard InChI is InChI=1S/C26H25ClF3N5O/c1-2-11-35-12-4-3-8-21(35)23(18-7-5-6-17(13-18)19-14-31-16-32-15-19)34-25(36)24-22(27)20(9-10-33-24)26(28,29)30/h2,5-7,9-10,13-16,21,23H,1,3-4,8,11-12H2,(H,34,36)/t21-,23-/m0/s1. The van der Waals surface area contributed by atoms with Crippen LogP contribution in [0, 0.1) is 0 Å². The van der Waals surface area contributed by atoms with Crippen LogP contribution < -0.4 is 5.32 Å². The molecule has 0 aliphatic carbocycles. The summed E-state index contributed by atoms with van der Waals surface area (Å²) in [6, 6.07) is 7.73. The van der Waals surface area contributed by atoms with Crippen LogP contribution >= 0.6 is 11.6 Å². The summed E-state index contributed by atoms with van der Waals surface area (Å²) >= 11 is 6.01. The monoisotopic (exact) mass is 515 g/mol. The van der Waals surface area contributed by atoms with Gasteiger partial charge in [-0.1, -0.05) is 42.3 Å². The van der Waals surface area contributed by atoms with E-state index in [9.17, 15) is 18.0 Å². The van der Waals surface area contributed by atoms with E-state index in [0.29, 0.717) is 6.54 Å². The van der Waals surface area contributed by atoms with Crippen molar-refractivity contribution in [1.82, 2.24) is 25.2 Å². The third-order valence-corrected chi connectivity index (χ3v) is 6.63. The van der Waals surface area contributed by atoms with Crippen molar-refractivity contribution < 1.29 is 18.0 Å². The molecule has 0 bridgehead atoms. The van der Waals surface area contributed by atoms with Gasteiger partial charge in [0, 0.05) is 36.7 Å². The minimum absolute atomic E-state index is 0.104. The van der Waals surface area contributed by atoms with Gasteiger partial charge in [-0.15, -0.1) is 6.58 Å². The average molecular weight is 516 g/mol. The highest BCUT2D eigenvalue weighted by atomic mass is 35.5. The fourth-order valence-electron chi connectivity index (χ4n) is 4.58. The van der Waals surface area contributed by atoms with Gasteiger partial charge >= 0.3 is 6.18 Å². The first-order valence-corrected chi connectivity index (χ1v) is 11.9. The summed E-state index contributed by atoms with van der Waals surface area (Å²) in [7, 11) is 0. The van der Waals surface area contributed by atoms with Gasteiger partial charge < -0.3 is 5.32 Å². The smallest absolute Gasteiger partial charge is 0.342 e. The molecule has 1 aliphatic heterocycles. The van der Waals surface area contributed by atoms with E-state index in [-0.39, 0.29) is 6.04 Å². The normalized spacial score (nSPS) is 17.4. The zero-order chi connectivity index (χ0) is 25.7. The van der Waals surface area contributed by atoms with Crippen molar-refractivity contribution in [3.63, 3.8) is 0 Å². The van der Waals surface area contributed by atoms with E-state index in [1.54, 1.807) is 18.5 Å². The van der Waals surface area contributed by atoms with Crippen molar-refractivity contribution >= 4 is 17.5 Å². The lowest BCUT2D eigenvalue weighted by atomic mass is 9.89. The maximum Gasteiger partial charge on any atom is 0.417 e. The fourth-order valence-corrected chi connectivity index (χ4v) is 4.88.